The van der Waals surface area contributed by atoms with Crippen molar-refractivity contribution in [2.45, 2.75) is 6.54 Å². The molecule has 1 heterocycles. The second kappa shape index (κ2) is 5.12. The van der Waals surface area contributed by atoms with Crippen LogP contribution in [0.1, 0.15) is 5.69 Å². The summed E-state index contributed by atoms with van der Waals surface area (Å²) in [5.41, 5.74) is 8.04. The largest absolute Gasteiger partial charge is 0.495 e. The van der Waals surface area contributed by atoms with Gasteiger partial charge in [0.05, 0.1) is 23.5 Å². The van der Waals surface area contributed by atoms with Crippen LogP contribution in [-0.4, -0.2) is 17.1 Å². The highest BCUT2D eigenvalue weighted by Crippen LogP contribution is 2.29. The topological polar surface area (TPSA) is 61.0 Å². The van der Waals surface area contributed by atoms with Crippen LogP contribution in [0.25, 0.3) is 11.3 Å². The lowest BCUT2D eigenvalue weighted by atomic mass is 10.1. The molecule has 2 rings (SSSR count). The minimum Gasteiger partial charge on any atom is -0.495 e. The maximum atomic E-state index is 6.06. The Balaban J connectivity index is 2.42. The third-order valence-electron chi connectivity index (χ3n) is 2.38. The first-order chi connectivity index (χ1) is 8.24. The smallest absolute Gasteiger partial charge is 0.137 e. The lowest BCUT2D eigenvalue weighted by Crippen LogP contribution is -2.00. The van der Waals surface area contributed by atoms with Gasteiger partial charge in [0.2, 0.25) is 0 Å². The van der Waals surface area contributed by atoms with Crippen LogP contribution >= 0.6 is 11.6 Å². The lowest BCUT2D eigenvalue weighted by Gasteiger charge is -2.06. The van der Waals surface area contributed by atoms with Gasteiger partial charge in [0.25, 0.3) is 0 Å². The van der Waals surface area contributed by atoms with Gasteiger partial charge in [-0.2, -0.15) is 0 Å². The Hall–Kier alpha value is -1.65. The number of aromatic nitrogens is 2. The molecule has 1 aromatic carbocycles. The van der Waals surface area contributed by atoms with Gasteiger partial charge in [-0.3, -0.25) is 0 Å². The molecule has 2 aromatic rings. The number of ether oxygens (including phenoxy) is 1. The van der Waals surface area contributed by atoms with Crippen molar-refractivity contribution in [1.29, 1.82) is 0 Å². The molecule has 0 atom stereocenters. The second-order valence-corrected chi connectivity index (χ2v) is 3.86. The first kappa shape index (κ1) is 11.8. The molecule has 5 heteroatoms. The fourth-order valence-corrected chi connectivity index (χ4v) is 1.75. The first-order valence-electron chi connectivity index (χ1n) is 5.09. The van der Waals surface area contributed by atoms with Crippen molar-refractivity contribution >= 4 is 11.6 Å². The molecule has 88 valence electrons. The highest BCUT2D eigenvalue weighted by Gasteiger charge is 2.05. The van der Waals surface area contributed by atoms with E-state index < -0.39 is 0 Å². The Kier molecular flexibility index (Phi) is 3.56. The lowest BCUT2D eigenvalue weighted by molar-refractivity contribution is 0.415. The number of methoxy groups -OCH3 is 1. The van der Waals surface area contributed by atoms with E-state index in [1.165, 1.54) is 6.33 Å². The van der Waals surface area contributed by atoms with Crippen LogP contribution in [0.15, 0.2) is 30.6 Å². The number of halogens is 1. The van der Waals surface area contributed by atoms with Crippen LogP contribution in [0, 0.1) is 0 Å². The molecule has 0 saturated heterocycles. The van der Waals surface area contributed by atoms with E-state index in [0.717, 1.165) is 17.0 Å². The van der Waals surface area contributed by atoms with Crippen molar-refractivity contribution in [2.75, 3.05) is 7.11 Å². The minimum absolute atomic E-state index is 0.388. The Morgan fingerprint density at radius 1 is 1.29 bits per heavy atom. The zero-order chi connectivity index (χ0) is 12.3. The maximum Gasteiger partial charge on any atom is 0.137 e. The van der Waals surface area contributed by atoms with Gasteiger partial charge < -0.3 is 10.5 Å². The fraction of sp³-hybridized carbons (Fsp3) is 0.167. The highest BCUT2D eigenvalue weighted by molar-refractivity contribution is 6.32. The Bertz CT molecular complexity index is 531. The van der Waals surface area contributed by atoms with E-state index in [0.29, 0.717) is 17.3 Å². The van der Waals surface area contributed by atoms with Crippen LogP contribution in [0.3, 0.4) is 0 Å². The molecule has 17 heavy (non-hydrogen) atoms. The molecule has 4 nitrogen and oxygen atoms in total. The number of nitrogens with zero attached hydrogens (tertiary/aromatic N) is 2. The molecular weight excluding hydrogens is 238 g/mol. The minimum atomic E-state index is 0.388. The molecular formula is C12H12ClN3O. The molecule has 0 unspecified atom stereocenters. The molecule has 0 spiro atoms. The Morgan fingerprint density at radius 3 is 2.76 bits per heavy atom. The van der Waals surface area contributed by atoms with E-state index in [1.807, 2.05) is 24.3 Å². The Morgan fingerprint density at radius 2 is 2.12 bits per heavy atom. The fourth-order valence-electron chi connectivity index (χ4n) is 1.49. The number of hydrogen-bond acceptors (Lipinski definition) is 4. The van der Waals surface area contributed by atoms with Gasteiger partial charge in [0, 0.05) is 12.1 Å². The summed E-state index contributed by atoms with van der Waals surface area (Å²) in [7, 11) is 1.58. The highest BCUT2D eigenvalue weighted by atomic mass is 35.5. The van der Waals surface area contributed by atoms with Crippen molar-refractivity contribution in [3.63, 3.8) is 0 Å². The van der Waals surface area contributed by atoms with E-state index in [2.05, 4.69) is 9.97 Å². The van der Waals surface area contributed by atoms with Crippen LogP contribution < -0.4 is 10.5 Å². The van der Waals surface area contributed by atoms with Gasteiger partial charge in [-0.1, -0.05) is 11.6 Å². The summed E-state index contributed by atoms with van der Waals surface area (Å²) in [6.07, 6.45) is 1.50. The molecule has 0 amide bonds. The normalized spacial score (nSPS) is 10.3. The average Bonchev–Trinajstić information content (AvgIpc) is 2.38. The van der Waals surface area contributed by atoms with Gasteiger partial charge in [0.1, 0.15) is 12.1 Å². The number of benzene rings is 1. The monoisotopic (exact) mass is 249 g/mol. The molecule has 2 N–H and O–H groups in total. The van der Waals surface area contributed by atoms with Gasteiger partial charge >= 0.3 is 0 Å². The molecule has 1 aromatic heterocycles. The van der Waals surface area contributed by atoms with Gasteiger partial charge in [-0.15, -0.1) is 0 Å². The zero-order valence-electron chi connectivity index (χ0n) is 9.35. The van der Waals surface area contributed by atoms with Crippen molar-refractivity contribution in [3.05, 3.63) is 41.3 Å². The predicted octanol–water partition coefficient (Wildman–Crippen LogP) is 2.26. The summed E-state index contributed by atoms with van der Waals surface area (Å²) in [6.45, 7) is 0.388. The summed E-state index contributed by atoms with van der Waals surface area (Å²) in [5.74, 6) is 0.642. The van der Waals surface area contributed by atoms with Crippen molar-refractivity contribution < 1.29 is 4.74 Å². The number of rotatable bonds is 3. The van der Waals surface area contributed by atoms with Crippen LogP contribution in [0.2, 0.25) is 5.02 Å². The van der Waals surface area contributed by atoms with Crippen molar-refractivity contribution in [1.82, 2.24) is 9.97 Å². The van der Waals surface area contributed by atoms with Crippen molar-refractivity contribution in [2.24, 2.45) is 5.73 Å². The van der Waals surface area contributed by atoms with E-state index >= 15 is 0 Å². The van der Waals surface area contributed by atoms with Crippen LogP contribution in [0.5, 0.6) is 5.75 Å². The van der Waals surface area contributed by atoms with E-state index in [4.69, 9.17) is 22.1 Å². The summed E-state index contributed by atoms with van der Waals surface area (Å²) < 4.78 is 5.10. The SMILES string of the molecule is COc1ccc(-c2cc(CN)ncn2)cc1Cl. The molecule has 0 radical (unpaired) electrons. The molecule has 0 saturated carbocycles. The first-order valence-corrected chi connectivity index (χ1v) is 5.47. The molecule has 0 aliphatic heterocycles. The predicted molar refractivity (Wildman–Crippen MR) is 66.9 cm³/mol. The third-order valence-corrected chi connectivity index (χ3v) is 2.68. The zero-order valence-corrected chi connectivity index (χ0v) is 10.1. The molecule has 0 aliphatic rings. The van der Waals surface area contributed by atoms with E-state index in [-0.39, 0.29) is 0 Å². The van der Waals surface area contributed by atoms with Crippen LogP contribution in [-0.2, 0) is 6.54 Å². The number of nitrogens with two attached hydrogens (primary N) is 1. The quantitative estimate of drug-likeness (QED) is 0.907. The summed E-state index contributed by atoms with van der Waals surface area (Å²) >= 11 is 6.06. The second-order valence-electron chi connectivity index (χ2n) is 3.45. The summed E-state index contributed by atoms with van der Waals surface area (Å²) in [5, 5.41) is 0.554. The molecule has 0 aliphatic carbocycles. The summed E-state index contributed by atoms with van der Waals surface area (Å²) in [4.78, 5) is 8.23. The summed E-state index contributed by atoms with van der Waals surface area (Å²) in [6, 6.07) is 7.36. The van der Waals surface area contributed by atoms with Gasteiger partial charge in [-0.25, -0.2) is 9.97 Å². The number of hydrogen-bond donors (Lipinski definition) is 1. The molecule has 0 bridgehead atoms. The standard InChI is InChI=1S/C12H12ClN3O/c1-17-12-3-2-8(4-10(12)13)11-5-9(6-14)15-7-16-11/h2-5,7H,6,14H2,1H3. The molecule has 0 fully saturated rings. The van der Waals surface area contributed by atoms with Crippen molar-refractivity contribution in [3.8, 4) is 17.0 Å². The van der Waals surface area contributed by atoms with Crippen LogP contribution in [0.4, 0.5) is 0 Å². The third kappa shape index (κ3) is 2.54. The van der Waals surface area contributed by atoms with E-state index in [1.54, 1.807) is 7.11 Å². The van der Waals surface area contributed by atoms with Gasteiger partial charge in [0.15, 0.2) is 0 Å². The van der Waals surface area contributed by atoms with E-state index in [9.17, 15) is 0 Å². The van der Waals surface area contributed by atoms with Gasteiger partial charge in [-0.05, 0) is 24.3 Å². The Labute approximate surface area is 104 Å². The average molecular weight is 250 g/mol. The maximum absolute atomic E-state index is 6.06.